The Morgan fingerprint density at radius 2 is 1.77 bits per heavy atom. The lowest BCUT2D eigenvalue weighted by Crippen LogP contribution is -2.38. The quantitative estimate of drug-likeness (QED) is 0.796. The van der Waals surface area contributed by atoms with Crippen LogP contribution in [-0.2, 0) is 20.0 Å². The Labute approximate surface area is 129 Å². The first-order valence-corrected chi connectivity index (χ1v) is 7.22. The number of hydrogen-bond acceptors (Lipinski definition) is 4. The zero-order valence-electron chi connectivity index (χ0n) is 12.4. The lowest BCUT2D eigenvalue weighted by atomic mass is 9.96. The molecular weight excluding hydrogens is 280 g/mol. The summed E-state index contributed by atoms with van der Waals surface area (Å²) in [5.74, 6) is -1.59. The van der Waals surface area contributed by atoms with Gasteiger partial charge in [-0.15, -0.1) is 0 Å². The molecule has 0 aliphatic carbocycles. The van der Waals surface area contributed by atoms with Crippen LogP contribution in [0.1, 0.15) is 15.9 Å². The molecule has 1 fully saturated rings. The van der Waals surface area contributed by atoms with Gasteiger partial charge < -0.3 is 14.2 Å². The SMILES string of the molecule is COCC1COC(C(=O)c2ccccc2)(c2ccccc2)O1. The second-order valence-corrected chi connectivity index (χ2v) is 5.18. The van der Waals surface area contributed by atoms with Crippen LogP contribution < -0.4 is 0 Å². The van der Waals surface area contributed by atoms with Gasteiger partial charge in [0.05, 0.1) is 13.2 Å². The fourth-order valence-electron chi connectivity index (χ4n) is 2.62. The highest BCUT2D eigenvalue weighted by Gasteiger charge is 2.49. The van der Waals surface area contributed by atoms with E-state index < -0.39 is 5.79 Å². The van der Waals surface area contributed by atoms with Gasteiger partial charge in [-0.1, -0.05) is 60.7 Å². The Kier molecular flexibility index (Phi) is 4.34. The molecule has 114 valence electrons. The molecule has 1 saturated heterocycles. The van der Waals surface area contributed by atoms with Gasteiger partial charge in [-0.3, -0.25) is 4.79 Å². The van der Waals surface area contributed by atoms with Crippen LogP contribution in [0.3, 0.4) is 0 Å². The summed E-state index contributed by atoms with van der Waals surface area (Å²) in [5.41, 5.74) is 1.26. The Morgan fingerprint density at radius 1 is 1.14 bits per heavy atom. The van der Waals surface area contributed by atoms with E-state index in [4.69, 9.17) is 14.2 Å². The van der Waals surface area contributed by atoms with Crippen molar-refractivity contribution in [1.82, 2.24) is 0 Å². The number of ketones is 1. The number of methoxy groups -OCH3 is 1. The van der Waals surface area contributed by atoms with E-state index in [9.17, 15) is 4.79 Å². The third-order valence-electron chi connectivity index (χ3n) is 3.65. The highest BCUT2D eigenvalue weighted by molar-refractivity contribution is 6.02. The fourth-order valence-corrected chi connectivity index (χ4v) is 2.62. The van der Waals surface area contributed by atoms with E-state index in [2.05, 4.69) is 0 Å². The molecular formula is C18H18O4. The molecule has 0 bridgehead atoms. The second kappa shape index (κ2) is 6.40. The highest BCUT2D eigenvalue weighted by Crippen LogP contribution is 2.37. The summed E-state index contributed by atoms with van der Waals surface area (Å²) in [6.07, 6.45) is -0.266. The van der Waals surface area contributed by atoms with Crippen molar-refractivity contribution in [3.8, 4) is 0 Å². The van der Waals surface area contributed by atoms with Gasteiger partial charge in [0, 0.05) is 18.2 Å². The van der Waals surface area contributed by atoms with Crippen molar-refractivity contribution in [1.29, 1.82) is 0 Å². The number of ether oxygens (including phenoxy) is 3. The molecule has 0 saturated carbocycles. The minimum absolute atomic E-state index is 0.196. The highest BCUT2D eigenvalue weighted by atomic mass is 16.8. The maximum atomic E-state index is 13.0. The van der Waals surface area contributed by atoms with E-state index in [1.165, 1.54) is 0 Å². The molecule has 3 rings (SSSR count). The molecule has 1 heterocycles. The molecule has 2 unspecified atom stereocenters. The monoisotopic (exact) mass is 298 g/mol. The second-order valence-electron chi connectivity index (χ2n) is 5.18. The molecule has 0 amide bonds. The van der Waals surface area contributed by atoms with Gasteiger partial charge in [0.15, 0.2) is 0 Å². The van der Waals surface area contributed by atoms with Gasteiger partial charge in [0.25, 0.3) is 5.79 Å². The predicted octanol–water partition coefficient (Wildman–Crippen LogP) is 2.78. The third kappa shape index (κ3) is 2.68. The van der Waals surface area contributed by atoms with E-state index in [1.54, 1.807) is 19.2 Å². The molecule has 0 N–H and O–H groups in total. The lowest BCUT2D eigenvalue weighted by molar-refractivity contribution is -0.142. The van der Waals surface area contributed by atoms with Crippen LogP contribution in [0.15, 0.2) is 60.7 Å². The zero-order valence-corrected chi connectivity index (χ0v) is 12.4. The molecule has 1 aliphatic rings. The van der Waals surface area contributed by atoms with Crippen LogP contribution in [0.25, 0.3) is 0 Å². The van der Waals surface area contributed by atoms with Gasteiger partial charge in [0.1, 0.15) is 6.10 Å². The number of carbonyl (C=O) groups excluding carboxylic acids is 1. The number of Topliss-reactive ketones (excluding diaryl/α,β-unsaturated/α-hetero) is 1. The maximum Gasteiger partial charge on any atom is 0.261 e. The van der Waals surface area contributed by atoms with E-state index in [-0.39, 0.29) is 11.9 Å². The van der Waals surface area contributed by atoms with Crippen LogP contribution in [0.4, 0.5) is 0 Å². The Morgan fingerprint density at radius 3 is 2.41 bits per heavy atom. The smallest absolute Gasteiger partial charge is 0.261 e. The molecule has 1 aliphatic heterocycles. The van der Waals surface area contributed by atoms with Crippen LogP contribution in [-0.4, -0.2) is 32.2 Å². The maximum absolute atomic E-state index is 13.0. The van der Waals surface area contributed by atoms with E-state index in [0.717, 1.165) is 0 Å². The largest absolute Gasteiger partial charge is 0.382 e. The molecule has 2 atom stereocenters. The summed E-state index contributed by atoms with van der Waals surface area (Å²) >= 11 is 0. The van der Waals surface area contributed by atoms with Gasteiger partial charge >= 0.3 is 0 Å². The average Bonchev–Trinajstić information content (AvgIpc) is 3.01. The summed E-state index contributed by atoms with van der Waals surface area (Å²) in [6.45, 7) is 0.706. The first-order chi connectivity index (χ1) is 10.8. The summed E-state index contributed by atoms with van der Waals surface area (Å²) in [6, 6.07) is 18.4. The van der Waals surface area contributed by atoms with Crippen molar-refractivity contribution in [2.24, 2.45) is 0 Å². The Bertz CT molecular complexity index is 626. The van der Waals surface area contributed by atoms with Crippen molar-refractivity contribution in [3.05, 3.63) is 71.8 Å². The van der Waals surface area contributed by atoms with Crippen molar-refractivity contribution < 1.29 is 19.0 Å². The van der Waals surface area contributed by atoms with Gasteiger partial charge in [-0.2, -0.15) is 0 Å². The summed E-state index contributed by atoms with van der Waals surface area (Å²) in [5, 5.41) is 0. The fraction of sp³-hybridized carbons (Fsp3) is 0.278. The number of benzene rings is 2. The van der Waals surface area contributed by atoms with Crippen LogP contribution in [0.2, 0.25) is 0 Å². The summed E-state index contributed by atoms with van der Waals surface area (Å²) in [4.78, 5) is 13.0. The van der Waals surface area contributed by atoms with Crippen LogP contribution in [0, 0.1) is 0 Å². The summed E-state index contributed by atoms with van der Waals surface area (Å²) in [7, 11) is 1.60. The molecule has 4 heteroatoms. The Balaban J connectivity index is 2.00. The molecule has 4 nitrogen and oxygen atoms in total. The number of rotatable bonds is 5. The molecule has 22 heavy (non-hydrogen) atoms. The van der Waals surface area contributed by atoms with Crippen molar-refractivity contribution in [2.75, 3.05) is 20.3 Å². The molecule has 2 aromatic carbocycles. The van der Waals surface area contributed by atoms with Crippen LogP contribution >= 0.6 is 0 Å². The van der Waals surface area contributed by atoms with E-state index in [0.29, 0.717) is 24.3 Å². The first-order valence-electron chi connectivity index (χ1n) is 7.22. The number of hydrogen-bond donors (Lipinski definition) is 0. The van der Waals surface area contributed by atoms with Crippen molar-refractivity contribution in [2.45, 2.75) is 11.9 Å². The average molecular weight is 298 g/mol. The van der Waals surface area contributed by atoms with Crippen molar-refractivity contribution >= 4 is 5.78 Å². The van der Waals surface area contributed by atoms with Gasteiger partial charge in [0.2, 0.25) is 5.78 Å². The minimum atomic E-state index is -1.40. The molecule has 0 aromatic heterocycles. The van der Waals surface area contributed by atoms with E-state index >= 15 is 0 Å². The normalized spacial score (nSPS) is 24.3. The summed E-state index contributed by atoms with van der Waals surface area (Å²) < 4.78 is 17.0. The lowest BCUT2D eigenvalue weighted by Gasteiger charge is -2.27. The molecule has 0 spiro atoms. The van der Waals surface area contributed by atoms with Crippen molar-refractivity contribution in [3.63, 3.8) is 0 Å². The standard InChI is InChI=1S/C18H18O4/c1-20-12-16-13-21-18(22-16,15-10-6-3-7-11-15)17(19)14-8-4-2-5-9-14/h2-11,16H,12-13H2,1H3. The van der Waals surface area contributed by atoms with Gasteiger partial charge in [-0.25, -0.2) is 0 Å². The molecule has 0 radical (unpaired) electrons. The topological polar surface area (TPSA) is 44.8 Å². The van der Waals surface area contributed by atoms with Crippen LogP contribution in [0.5, 0.6) is 0 Å². The first kappa shape index (κ1) is 14.9. The zero-order chi connectivity index (χ0) is 15.4. The third-order valence-corrected chi connectivity index (χ3v) is 3.65. The predicted molar refractivity (Wildman–Crippen MR) is 81.6 cm³/mol. The van der Waals surface area contributed by atoms with E-state index in [1.807, 2.05) is 48.5 Å². The minimum Gasteiger partial charge on any atom is -0.382 e. The van der Waals surface area contributed by atoms with Gasteiger partial charge in [-0.05, 0) is 0 Å². The molecule has 2 aromatic rings. The number of carbonyl (C=O) groups is 1. The Hall–Kier alpha value is -2.01.